The van der Waals surface area contributed by atoms with E-state index in [2.05, 4.69) is 0 Å². The Labute approximate surface area is 339 Å². The van der Waals surface area contributed by atoms with Crippen molar-refractivity contribution < 1.29 is 346 Å². The third-order valence-electron chi connectivity index (χ3n) is 0. The van der Waals surface area contributed by atoms with E-state index >= 15 is 0 Å². The van der Waals surface area contributed by atoms with Crippen molar-refractivity contribution in [2.45, 2.75) is 0 Å². The second-order valence-electron chi connectivity index (χ2n) is 2.89. The van der Waals surface area contributed by atoms with Crippen LogP contribution < -0.4 is 66.4 Å². The Morgan fingerprint density at radius 1 is 0.179 bits per heavy atom. The Kier molecular flexibility index (Phi) is 119. The minimum absolute atomic E-state index is 0. The van der Waals surface area contributed by atoms with Crippen molar-refractivity contribution in [1.29, 1.82) is 0 Å². The van der Waals surface area contributed by atoms with E-state index in [9.17, 15) is 18.6 Å². The number of halogens is 6. The van der Waals surface area contributed by atoms with E-state index in [0.29, 0.717) is 0 Å². The van der Waals surface area contributed by atoms with E-state index in [1.807, 2.05) is 0 Å². The van der Waals surface area contributed by atoms with Crippen LogP contribution in [0.1, 0.15) is 0 Å². The monoisotopic (exact) mass is 1220 g/mol. The summed E-state index contributed by atoms with van der Waals surface area (Å²) in [6.07, 6.45) is 0. The molecule has 0 aliphatic heterocycles. The van der Waals surface area contributed by atoms with E-state index in [1.165, 1.54) is 0 Å². The molecule has 0 saturated heterocycles. The predicted molar refractivity (Wildman–Crippen MR) is 6.65 cm³/mol. The fraction of sp³-hybridized carbons (Fsp3) is 0. The summed E-state index contributed by atoms with van der Waals surface area (Å²) in [7, 11) is 0. The van der Waals surface area contributed by atoms with Crippen molar-refractivity contribution in [3.8, 4) is 0 Å². The third kappa shape index (κ3) is 1470. The van der Waals surface area contributed by atoms with Gasteiger partial charge < -0.3 is 0 Å². The average Bonchev–Trinajstić information content (AvgIpc) is 1.94. The van der Waals surface area contributed by atoms with Crippen molar-refractivity contribution in [3.63, 3.8) is 0 Å². The molecule has 0 aliphatic rings. The first-order valence-corrected chi connectivity index (χ1v) is 19.8. The van der Waals surface area contributed by atoms with E-state index in [1.54, 1.807) is 0 Å². The minimum atomic E-state index is -6.25. The van der Waals surface area contributed by atoms with Crippen molar-refractivity contribution in [2.75, 3.05) is 0 Å². The molecular formula is Co9F6O18Ti6. The molecule has 39 heteroatoms. The van der Waals surface area contributed by atoms with Crippen molar-refractivity contribution in [1.82, 2.24) is 0 Å². The molecule has 0 N–H and O–H groups in total. The molecule has 18 nitrogen and oxygen atoms in total. The Hall–Kier alpha value is 7.70. The van der Waals surface area contributed by atoms with Gasteiger partial charge in [0.05, 0.1) is 0 Å². The SMILES string of the molecule is [Co+2].[Co+2].[Co+2].[Co+2].[Co+2].[Co+2].[Co+2].[Co+2].[Co+2].[O-][Ti]([O-])([O-])[F].[O-][Ti]([O-])([O-])[F].[O-][Ti]([O-])([O-])[F].[O-][Ti]([O-])([O-])[F].[O-][Ti]([O-])([O-])[F].[O-][Ti]([O-])([O-])[F]. The van der Waals surface area contributed by atoms with Gasteiger partial charge in [-0.25, -0.2) is 0 Å². The van der Waals surface area contributed by atoms with E-state index in [-0.39, 0.29) is 151 Å². The second-order valence-corrected chi connectivity index (χ2v) is 11.9. The zero-order valence-electron chi connectivity index (χ0n) is 15.6. The molecule has 9 radical (unpaired) electrons. The van der Waals surface area contributed by atoms with Crippen LogP contribution in [0.5, 0.6) is 0 Å². The van der Waals surface area contributed by atoms with Crippen LogP contribution in [0.25, 0.3) is 0 Å². The maximum atomic E-state index is 10.2. The van der Waals surface area contributed by atoms with Gasteiger partial charge in [-0.2, -0.15) is 0 Å². The number of hydrogen-bond acceptors (Lipinski definition) is 18. The van der Waals surface area contributed by atoms with Crippen LogP contribution in [-0.2, 0) is 261 Å². The number of hydrogen-bond donors (Lipinski definition) is 0. The Balaban J connectivity index is -0.0000000130. The molecule has 39 heavy (non-hydrogen) atoms. The first kappa shape index (κ1) is 97.1. The van der Waals surface area contributed by atoms with E-state index in [0.717, 1.165) is 0 Å². The first-order chi connectivity index (χ1) is 12.0. The van der Waals surface area contributed by atoms with Crippen LogP contribution in [0, 0.1) is 0 Å². The molecule has 0 atom stereocenters. The molecule has 255 valence electrons. The zero-order valence-corrected chi connectivity index (χ0v) is 34.4. The molecule has 0 rings (SSSR count). The summed E-state index contributed by atoms with van der Waals surface area (Å²) in [5.74, 6) is 0. The van der Waals surface area contributed by atoms with Crippen LogP contribution in [0.4, 0.5) is 18.6 Å². The summed E-state index contributed by atoms with van der Waals surface area (Å²) in [5.41, 5.74) is 0. The molecule has 0 heterocycles. The standard InChI is InChI=1S/9Co.6FH.18O.6Ti/h;;;;;;;;;6*1H;;;;;;;;;;;;;;;;;;;;;;;;/q9*+2;;;;;;;18*-1;6*+1/p-6. The normalized spacial score (nSPS) is 9.23. The van der Waals surface area contributed by atoms with Gasteiger partial charge in [0, 0.05) is 0 Å². The van der Waals surface area contributed by atoms with Crippen LogP contribution >= 0.6 is 0 Å². The Morgan fingerprint density at radius 2 is 0.179 bits per heavy atom. The molecule has 0 aromatic rings. The Bertz CT molecular complexity index is 258. The summed E-state index contributed by atoms with van der Waals surface area (Å²) in [4.78, 5) is 0. The first-order valence-electron chi connectivity index (χ1n) is 4.81. The molecule has 0 aliphatic carbocycles. The fourth-order valence-electron chi connectivity index (χ4n) is 0. The van der Waals surface area contributed by atoms with Crippen molar-refractivity contribution >= 4 is 0 Å². The maximum absolute atomic E-state index is 10.2. The zero-order chi connectivity index (χ0) is 27.0. The fourth-order valence-corrected chi connectivity index (χ4v) is 0. The van der Waals surface area contributed by atoms with Gasteiger partial charge in [0.1, 0.15) is 0 Å². The average molecular weight is 1220 g/mol. The molecule has 0 amide bonds. The van der Waals surface area contributed by atoms with E-state index < -0.39 is 110 Å². The predicted octanol–water partition coefficient (Wildman–Crippen LogP) is -18.9. The topological polar surface area (TPSA) is 415 Å². The van der Waals surface area contributed by atoms with Crippen LogP contribution in [0.15, 0.2) is 0 Å². The van der Waals surface area contributed by atoms with Gasteiger partial charge >= 0.3 is 346 Å². The van der Waals surface area contributed by atoms with E-state index in [4.69, 9.17) is 66.4 Å². The molecule has 0 unspecified atom stereocenters. The van der Waals surface area contributed by atoms with Crippen molar-refractivity contribution in [3.05, 3.63) is 0 Å². The third-order valence-corrected chi connectivity index (χ3v) is 0. The van der Waals surface area contributed by atoms with Crippen molar-refractivity contribution in [2.24, 2.45) is 0 Å². The second kappa shape index (κ2) is 47.8. The summed E-state index contributed by atoms with van der Waals surface area (Å²) >= 11 is -37.5. The van der Waals surface area contributed by atoms with Gasteiger partial charge in [0.25, 0.3) is 0 Å². The van der Waals surface area contributed by atoms with Gasteiger partial charge in [-0.05, 0) is 0 Å². The van der Waals surface area contributed by atoms with Crippen LogP contribution in [0.2, 0.25) is 0 Å². The molecule has 0 aromatic carbocycles. The van der Waals surface area contributed by atoms with Gasteiger partial charge in [-0.15, -0.1) is 0 Å². The van der Waals surface area contributed by atoms with Gasteiger partial charge in [0.2, 0.25) is 0 Å². The van der Waals surface area contributed by atoms with Gasteiger partial charge in [-0.3, -0.25) is 0 Å². The molecule has 0 bridgehead atoms. The molecule has 0 fully saturated rings. The van der Waals surface area contributed by atoms with Gasteiger partial charge in [-0.1, -0.05) is 0 Å². The van der Waals surface area contributed by atoms with Gasteiger partial charge in [0.15, 0.2) is 0 Å². The molecule has 0 spiro atoms. The summed E-state index contributed by atoms with van der Waals surface area (Å²) in [6.45, 7) is 0. The Morgan fingerprint density at radius 3 is 0.179 bits per heavy atom. The van der Waals surface area contributed by atoms with Crippen LogP contribution in [0.3, 0.4) is 0 Å². The quantitative estimate of drug-likeness (QED) is 0.161. The summed E-state index contributed by atoms with van der Waals surface area (Å²) in [6, 6.07) is 0. The summed E-state index contributed by atoms with van der Waals surface area (Å²) < 4.78 is 214. The molecule has 0 aromatic heterocycles. The molecule has 0 saturated carbocycles. The summed E-state index contributed by atoms with van der Waals surface area (Å²) in [5, 5.41) is 0. The molecular weight excluding hydrogens is 1220 g/mol. The number of rotatable bonds is 0. The van der Waals surface area contributed by atoms with Crippen LogP contribution in [-0.4, -0.2) is 0 Å².